The van der Waals surface area contributed by atoms with Crippen molar-refractivity contribution in [2.75, 3.05) is 6.61 Å². The van der Waals surface area contributed by atoms with Crippen LogP contribution in [0, 0.1) is 5.82 Å². The normalized spacial score (nSPS) is 10.4. The Morgan fingerprint density at radius 3 is 2.72 bits per heavy atom. The Kier molecular flexibility index (Phi) is 3.76. The van der Waals surface area contributed by atoms with Crippen LogP contribution in [0.3, 0.4) is 0 Å². The molecule has 1 N–H and O–H groups in total. The Morgan fingerprint density at radius 2 is 2.11 bits per heavy atom. The zero-order valence-corrected chi connectivity index (χ0v) is 11.1. The molecule has 1 aromatic heterocycles. The first-order chi connectivity index (χ1) is 8.63. The van der Waals surface area contributed by atoms with Crippen LogP contribution in [0.25, 0.3) is 11.1 Å². The summed E-state index contributed by atoms with van der Waals surface area (Å²) in [5.74, 6) is -0.852. The molecule has 0 aliphatic heterocycles. The third kappa shape index (κ3) is 2.43. The molecule has 2 aromatic rings. The maximum absolute atomic E-state index is 12.9. The van der Waals surface area contributed by atoms with Gasteiger partial charge in [-0.2, -0.15) is 5.10 Å². The van der Waals surface area contributed by atoms with E-state index >= 15 is 0 Å². The van der Waals surface area contributed by atoms with E-state index in [0.717, 1.165) is 0 Å². The largest absolute Gasteiger partial charge is 0.461 e. The summed E-state index contributed by atoms with van der Waals surface area (Å²) >= 11 is 3.27. The average molecular weight is 313 g/mol. The Balaban J connectivity index is 2.46. The van der Waals surface area contributed by atoms with Crippen LogP contribution in [0.2, 0.25) is 0 Å². The van der Waals surface area contributed by atoms with Crippen molar-refractivity contribution < 1.29 is 13.9 Å². The van der Waals surface area contributed by atoms with E-state index in [1.165, 1.54) is 12.1 Å². The zero-order chi connectivity index (χ0) is 13.1. The van der Waals surface area contributed by atoms with Gasteiger partial charge in [0.25, 0.3) is 0 Å². The molecule has 0 saturated heterocycles. The minimum Gasteiger partial charge on any atom is -0.461 e. The molecule has 0 spiro atoms. The number of hydrogen-bond acceptors (Lipinski definition) is 3. The fourth-order valence-electron chi connectivity index (χ4n) is 1.55. The Labute approximate surface area is 111 Å². The number of nitrogens with one attached hydrogen (secondary N) is 1. The molecule has 0 saturated carbocycles. The molecule has 0 fully saturated rings. The van der Waals surface area contributed by atoms with Crippen LogP contribution in [0.1, 0.15) is 17.4 Å². The van der Waals surface area contributed by atoms with Gasteiger partial charge >= 0.3 is 5.97 Å². The van der Waals surface area contributed by atoms with Crippen molar-refractivity contribution in [3.8, 4) is 11.1 Å². The van der Waals surface area contributed by atoms with Gasteiger partial charge < -0.3 is 4.74 Å². The van der Waals surface area contributed by atoms with Crippen LogP contribution in [0.5, 0.6) is 0 Å². The van der Waals surface area contributed by atoms with Crippen LogP contribution >= 0.6 is 15.9 Å². The summed E-state index contributed by atoms with van der Waals surface area (Å²) in [4.78, 5) is 11.7. The highest BCUT2D eigenvalue weighted by Gasteiger charge is 2.20. The highest BCUT2D eigenvalue weighted by atomic mass is 79.9. The first-order valence-corrected chi connectivity index (χ1v) is 6.09. The molecule has 6 heteroatoms. The Bertz CT molecular complexity index is 566. The second-order valence-electron chi connectivity index (χ2n) is 3.49. The lowest BCUT2D eigenvalue weighted by Gasteiger charge is -2.03. The van der Waals surface area contributed by atoms with Gasteiger partial charge in [0.15, 0.2) is 5.69 Å². The monoisotopic (exact) mass is 312 g/mol. The fourth-order valence-corrected chi connectivity index (χ4v) is 2.05. The van der Waals surface area contributed by atoms with Crippen molar-refractivity contribution in [2.45, 2.75) is 6.92 Å². The average Bonchev–Trinajstić information content (AvgIpc) is 2.73. The number of benzene rings is 1. The quantitative estimate of drug-likeness (QED) is 0.886. The number of nitrogens with zero attached hydrogens (tertiary/aromatic N) is 1. The number of carbonyl (C=O) groups excluding carboxylic acids is 1. The van der Waals surface area contributed by atoms with Gasteiger partial charge in [0, 0.05) is 5.56 Å². The van der Waals surface area contributed by atoms with E-state index < -0.39 is 5.97 Å². The van der Waals surface area contributed by atoms with E-state index in [2.05, 4.69) is 26.1 Å². The standard InChI is InChI=1S/C12H10BrFN2O2/c1-2-18-12(17)10-9(11(13)16-15-10)7-3-5-8(14)6-4-7/h3-6H,2H2,1H3,(H,15,16). The van der Waals surface area contributed by atoms with Gasteiger partial charge in [0.1, 0.15) is 10.4 Å². The lowest BCUT2D eigenvalue weighted by molar-refractivity contribution is 0.0520. The molecule has 1 heterocycles. The first kappa shape index (κ1) is 12.8. The van der Waals surface area contributed by atoms with E-state index in [4.69, 9.17) is 4.74 Å². The molecule has 1 aromatic carbocycles. The topological polar surface area (TPSA) is 55.0 Å². The van der Waals surface area contributed by atoms with Crippen molar-refractivity contribution in [3.05, 3.63) is 40.4 Å². The molecule has 18 heavy (non-hydrogen) atoms. The van der Waals surface area contributed by atoms with Crippen molar-refractivity contribution in [2.24, 2.45) is 0 Å². The van der Waals surface area contributed by atoms with Gasteiger partial charge in [-0.25, -0.2) is 9.18 Å². The molecule has 94 valence electrons. The van der Waals surface area contributed by atoms with E-state index in [9.17, 15) is 9.18 Å². The first-order valence-electron chi connectivity index (χ1n) is 5.30. The van der Waals surface area contributed by atoms with Crippen LogP contribution in [-0.2, 0) is 4.74 Å². The summed E-state index contributed by atoms with van der Waals surface area (Å²) in [6.07, 6.45) is 0. The summed E-state index contributed by atoms with van der Waals surface area (Å²) in [7, 11) is 0. The maximum Gasteiger partial charge on any atom is 0.359 e. The van der Waals surface area contributed by atoms with Crippen molar-refractivity contribution >= 4 is 21.9 Å². The highest BCUT2D eigenvalue weighted by Crippen LogP contribution is 2.30. The molecule has 0 amide bonds. The van der Waals surface area contributed by atoms with E-state index in [-0.39, 0.29) is 18.1 Å². The molecule has 0 unspecified atom stereocenters. The Hall–Kier alpha value is -1.69. The number of aromatic amines is 1. The molecule has 4 nitrogen and oxygen atoms in total. The van der Waals surface area contributed by atoms with Gasteiger partial charge in [-0.3, -0.25) is 5.10 Å². The Morgan fingerprint density at radius 1 is 1.44 bits per heavy atom. The van der Waals surface area contributed by atoms with Crippen LogP contribution in [0.4, 0.5) is 4.39 Å². The molecule has 0 aliphatic carbocycles. The number of halogens is 2. The smallest absolute Gasteiger partial charge is 0.359 e. The van der Waals surface area contributed by atoms with Gasteiger partial charge in [-0.1, -0.05) is 12.1 Å². The predicted molar refractivity (Wildman–Crippen MR) is 67.6 cm³/mol. The maximum atomic E-state index is 12.9. The summed E-state index contributed by atoms with van der Waals surface area (Å²) in [6, 6.07) is 5.80. The molecular formula is C12H10BrFN2O2. The minimum absolute atomic E-state index is 0.176. The third-order valence-electron chi connectivity index (χ3n) is 2.32. The molecule has 0 atom stereocenters. The number of H-pyrrole nitrogens is 1. The summed E-state index contributed by atoms with van der Waals surface area (Å²) in [5.41, 5.74) is 1.42. The van der Waals surface area contributed by atoms with E-state index in [1.807, 2.05) is 0 Å². The molecule has 2 rings (SSSR count). The van der Waals surface area contributed by atoms with Crippen LogP contribution < -0.4 is 0 Å². The lowest BCUT2D eigenvalue weighted by Crippen LogP contribution is -2.06. The number of rotatable bonds is 3. The highest BCUT2D eigenvalue weighted by molar-refractivity contribution is 9.10. The summed E-state index contributed by atoms with van der Waals surface area (Å²) < 4.78 is 18.3. The van der Waals surface area contributed by atoms with Crippen LogP contribution in [-0.4, -0.2) is 22.8 Å². The number of ether oxygens (including phenoxy) is 1. The number of carbonyl (C=O) groups is 1. The van der Waals surface area contributed by atoms with Gasteiger partial charge in [-0.15, -0.1) is 0 Å². The van der Waals surface area contributed by atoms with Crippen LogP contribution in [0.15, 0.2) is 28.9 Å². The van der Waals surface area contributed by atoms with Crippen molar-refractivity contribution in [1.82, 2.24) is 10.2 Å². The SMILES string of the molecule is CCOC(=O)c1n[nH]c(Br)c1-c1ccc(F)cc1. The number of aromatic nitrogens is 2. The second kappa shape index (κ2) is 5.30. The lowest BCUT2D eigenvalue weighted by atomic mass is 10.1. The minimum atomic E-state index is -0.515. The second-order valence-corrected chi connectivity index (χ2v) is 4.28. The summed E-state index contributed by atoms with van der Waals surface area (Å²) in [6.45, 7) is 1.99. The zero-order valence-electron chi connectivity index (χ0n) is 9.54. The third-order valence-corrected chi connectivity index (χ3v) is 2.90. The number of hydrogen-bond donors (Lipinski definition) is 1. The van der Waals surface area contributed by atoms with Gasteiger partial charge in [0.2, 0.25) is 0 Å². The van der Waals surface area contributed by atoms with Gasteiger partial charge in [0.05, 0.1) is 6.61 Å². The van der Waals surface area contributed by atoms with Crippen molar-refractivity contribution in [1.29, 1.82) is 0 Å². The van der Waals surface area contributed by atoms with E-state index in [0.29, 0.717) is 15.7 Å². The van der Waals surface area contributed by atoms with E-state index in [1.54, 1.807) is 19.1 Å². The fraction of sp³-hybridized carbons (Fsp3) is 0.167. The summed E-state index contributed by atoms with van der Waals surface area (Å²) in [5, 5.41) is 6.55. The molecule has 0 radical (unpaired) electrons. The predicted octanol–water partition coefficient (Wildman–Crippen LogP) is 3.16. The number of esters is 1. The molecular weight excluding hydrogens is 303 g/mol. The molecule has 0 aliphatic rings. The van der Waals surface area contributed by atoms with Gasteiger partial charge in [-0.05, 0) is 40.5 Å². The van der Waals surface area contributed by atoms with Crippen molar-refractivity contribution in [3.63, 3.8) is 0 Å². The molecule has 0 bridgehead atoms.